The molecule has 1 aromatic heterocycles. The van der Waals surface area contributed by atoms with Crippen molar-refractivity contribution in [3.8, 4) is 11.3 Å². The number of nitrogens with one attached hydrogen (secondary N) is 1. The van der Waals surface area contributed by atoms with Gasteiger partial charge in [-0.2, -0.15) is 5.10 Å². The molecule has 0 aliphatic rings. The van der Waals surface area contributed by atoms with Gasteiger partial charge in [-0.1, -0.05) is 77.8 Å². The lowest BCUT2D eigenvalue weighted by Crippen LogP contribution is -2.00. The molecular formula is C24H19Cl2N3S. The average molecular weight is 452 g/mol. The normalized spacial score (nSPS) is 11.5. The predicted molar refractivity (Wildman–Crippen MR) is 129 cm³/mol. The average Bonchev–Trinajstić information content (AvgIpc) is 3.22. The molecule has 0 saturated carbocycles. The molecule has 0 saturated heterocycles. The first-order valence-electron chi connectivity index (χ1n) is 9.43. The zero-order valence-electron chi connectivity index (χ0n) is 16.3. The van der Waals surface area contributed by atoms with E-state index in [1.807, 2.05) is 24.4 Å². The maximum absolute atomic E-state index is 6.28. The van der Waals surface area contributed by atoms with Gasteiger partial charge in [0.1, 0.15) is 0 Å². The van der Waals surface area contributed by atoms with Crippen LogP contribution in [-0.4, -0.2) is 10.7 Å². The molecule has 3 nitrogen and oxygen atoms in total. The van der Waals surface area contributed by atoms with Gasteiger partial charge in [0, 0.05) is 16.0 Å². The van der Waals surface area contributed by atoms with Crippen LogP contribution in [0.2, 0.25) is 10.0 Å². The van der Waals surface area contributed by atoms with Gasteiger partial charge >= 0.3 is 0 Å². The highest BCUT2D eigenvalue weighted by atomic mass is 35.5. The van der Waals surface area contributed by atoms with Crippen molar-refractivity contribution in [3.63, 3.8) is 0 Å². The molecule has 1 heterocycles. The van der Waals surface area contributed by atoms with E-state index in [2.05, 4.69) is 64.0 Å². The van der Waals surface area contributed by atoms with Crippen molar-refractivity contribution in [3.05, 3.63) is 105 Å². The Bertz CT molecular complexity index is 1170. The summed E-state index contributed by atoms with van der Waals surface area (Å²) in [6.07, 6.45) is 0.921. The first kappa shape index (κ1) is 20.6. The zero-order valence-corrected chi connectivity index (χ0v) is 18.6. The molecule has 0 radical (unpaired) electrons. The van der Waals surface area contributed by atoms with E-state index in [0.717, 1.165) is 29.0 Å². The fraction of sp³-hybridized carbons (Fsp3) is 0.0833. The number of rotatable bonds is 6. The fourth-order valence-corrected chi connectivity index (χ4v) is 4.20. The third kappa shape index (κ3) is 5.08. The summed E-state index contributed by atoms with van der Waals surface area (Å²) in [7, 11) is 0. The summed E-state index contributed by atoms with van der Waals surface area (Å²) in [5, 5.41) is 8.31. The van der Waals surface area contributed by atoms with Crippen molar-refractivity contribution in [2.24, 2.45) is 5.10 Å². The van der Waals surface area contributed by atoms with Gasteiger partial charge in [-0.15, -0.1) is 11.3 Å². The molecule has 0 spiro atoms. The standard InChI is InChI=1S/C24H19Cl2N3S/c1-16(19-9-7-18(8-10-19)13-17-5-3-2-4-6-17)28-29-24-27-23(15-30-24)21-12-11-20(25)14-22(21)26/h2-12,14-15H,13H2,1H3,(H,27,29)/b28-16-. The molecule has 0 aliphatic carbocycles. The van der Waals surface area contributed by atoms with Gasteiger partial charge in [0.2, 0.25) is 5.13 Å². The molecule has 6 heteroatoms. The third-order valence-electron chi connectivity index (χ3n) is 4.65. The Morgan fingerprint density at radius 3 is 2.43 bits per heavy atom. The molecule has 150 valence electrons. The van der Waals surface area contributed by atoms with E-state index in [1.165, 1.54) is 22.5 Å². The number of halogens is 2. The Morgan fingerprint density at radius 2 is 1.70 bits per heavy atom. The maximum atomic E-state index is 6.28. The molecule has 0 amide bonds. The van der Waals surface area contributed by atoms with Crippen molar-refractivity contribution in [1.29, 1.82) is 0 Å². The lowest BCUT2D eigenvalue weighted by atomic mass is 10.0. The van der Waals surface area contributed by atoms with E-state index in [4.69, 9.17) is 23.2 Å². The Kier molecular flexibility index (Phi) is 6.48. The van der Waals surface area contributed by atoms with Crippen LogP contribution in [0.15, 0.2) is 83.3 Å². The minimum Gasteiger partial charge on any atom is -0.252 e. The second-order valence-corrected chi connectivity index (χ2v) is 8.53. The third-order valence-corrected chi connectivity index (χ3v) is 5.95. The molecule has 1 N–H and O–H groups in total. The molecule has 3 aromatic carbocycles. The highest BCUT2D eigenvalue weighted by Crippen LogP contribution is 2.32. The van der Waals surface area contributed by atoms with E-state index >= 15 is 0 Å². The van der Waals surface area contributed by atoms with Crippen LogP contribution in [0.3, 0.4) is 0 Å². The van der Waals surface area contributed by atoms with Crippen LogP contribution < -0.4 is 5.43 Å². The first-order chi connectivity index (χ1) is 14.6. The van der Waals surface area contributed by atoms with Crippen molar-refractivity contribution >= 4 is 45.4 Å². The summed E-state index contributed by atoms with van der Waals surface area (Å²) in [4.78, 5) is 4.57. The number of hydrogen-bond donors (Lipinski definition) is 1. The molecule has 4 aromatic rings. The van der Waals surface area contributed by atoms with Crippen LogP contribution in [0.5, 0.6) is 0 Å². The summed E-state index contributed by atoms with van der Waals surface area (Å²) in [5.41, 5.74) is 9.22. The van der Waals surface area contributed by atoms with Crippen molar-refractivity contribution < 1.29 is 0 Å². The topological polar surface area (TPSA) is 37.3 Å². The van der Waals surface area contributed by atoms with Crippen molar-refractivity contribution in [1.82, 2.24) is 4.98 Å². The number of hydrogen-bond acceptors (Lipinski definition) is 4. The molecule has 0 aliphatic heterocycles. The van der Waals surface area contributed by atoms with Crippen LogP contribution in [-0.2, 0) is 6.42 Å². The van der Waals surface area contributed by atoms with Crippen molar-refractivity contribution in [2.45, 2.75) is 13.3 Å². The molecular weight excluding hydrogens is 433 g/mol. The fourth-order valence-electron chi connectivity index (χ4n) is 3.04. The lowest BCUT2D eigenvalue weighted by molar-refractivity contribution is 1.19. The van der Waals surface area contributed by atoms with Gasteiger partial charge in [0.15, 0.2) is 0 Å². The molecule has 0 fully saturated rings. The summed E-state index contributed by atoms with van der Waals surface area (Å²) in [6, 6.07) is 24.3. The number of thiazole rings is 1. The number of anilines is 1. The maximum Gasteiger partial charge on any atom is 0.203 e. The Morgan fingerprint density at radius 1 is 0.967 bits per heavy atom. The second-order valence-electron chi connectivity index (χ2n) is 6.83. The number of aromatic nitrogens is 1. The number of nitrogens with zero attached hydrogens (tertiary/aromatic N) is 2. The first-order valence-corrected chi connectivity index (χ1v) is 11.1. The minimum atomic E-state index is 0.578. The van der Waals surface area contributed by atoms with E-state index in [0.29, 0.717) is 15.2 Å². The summed E-state index contributed by atoms with van der Waals surface area (Å²) in [6.45, 7) is 1.98. The second kappa shape index (κ2) is 9.43. The molecule has 30 heavy (non-hydrogen) atoms. The summed E-state index contributed by atoms with van der Waals surface area (Å²) in [5.74, 6) is 0. The summed E-state index contributed by atoms with van der Waals surface area (Å²) >= 11 is 13.7. The smallest absolute Gasteiger partial charge is 0.203 e. The molecule has 0 bridgehead atoms. The van der Waals surface area contributed by atoms with Crippen LogP contribution in [0, 0.1) is 0 Å². The monoisotopic (exact) mass is 451 g/mol. The molecule has 0 unspecified atom stereocenters. The largest absolute Gasteiger partial charge is 0.252 e. The molecule has 4 rings (SSSR count). The van der Waals surface area contributed by atoms with Gasteiger partial charge in [-0.3, -0.25) is 5.43 Å². The summed E-state index contributed by atoms with van der Waals surface area (Å²) < 4.78 is 0. The Balaban J connectivity index is 1.42. The zero-order chi connectivity index (χ0) is 20.9. The SMILES string of the molecule is C/C(=N/Nc1nc(-c2ccc(Cl)cc2Cl)cs1)c1ccc(Cc2ccccc2)cc1. The Hall–Kier alpha value is -2.66. The van der Waals surface area contributed by atoms with Crippen LogP contribution >= 0.6 is 34.5 Å². The predicted octanol–water partition coefficient (Wildman–Crippen LogP) is 7.54. The minimum absolute atomic E-state index is 0.578. The number of benzene rings is 3. The van der Waals surface area contributed by atoms with Gasteiger partial charge in [-0.25, -0.2) is 4.98 Å². The van der Waals surface area contributed by atoms with Crippen LogP contribution in [0.25, 0.3) is 11.3 Å². The van der Waals surface area contributed by atoms with E-state index in [1.54, 1.807) is 12.1 Å². The highest BCUT2D eigenvalue weighted by molar-refractivity contribution is 7.14. The van der Waals surface area contributed by atoms with E-state index in [9.17, 15) is 0 Å². The van der Waals surface area contributed by atoms with Gasteiger partial charge in [-0.05, 0) is 48.2 Å². The number of hydrazone groups is 1. The van der Waals surface area contributed by atoms with Crippen molar-refractivity contribution in [2.75, 3.05) is 5.43 Å². The van der Waals surface area contributed by atoms with Gasteiger partial charge in [0.05, 0.1) is 16.4 Å². The van der Waals surface area contributed by atoms with E-state index < -0.39 is 0 Å². The van der Waals surface area contributed by atoms with Crippen LogP contribution in [0.4, 0.5) is 5.13 Å². The molecule has 0 atom stereocenters. The highest BCUT2D eigenvalue weighted by Gasteiger charge is 2.09. The van der Waals surface area contributed by atoms with E-state index in [-0.39, 0.29) is 0 Å². The lowest BCUT2D eigenvalue weighted by Gasteiger charge is -2.05. The van der Waals surface area contributed by atoms with Gasteiger partial charge < -0.3 is 0 Å². The van der Waals surface area contributed by atoms with Crippen LogP contribution in [0.1, 0.15) is 23.6 Å². The quantitative estimate of drug-likeness (QED) is 0.242. The Labute approximate surface area is 190 Å². The van der Waals surface area contributed by atoms with Gasteiger partial charge in [0.25, 0.3) is 0 Å².